The van der Waals surface area contributed by atoms with Crippen molar-refractivity contribution in [1.82, 2.24) is 4.90 Å². The van der Waals surface area contributed by atoms with Gasteiger partial charge in [-0.15, -0.1) is 0 Å². The molecule has 2 heteroatoms. The summed E-state index contributed by atoms with van der Waals surface area (Å²) in [6.45, 7) is 4.99. The van der Waals surface area contributed by atoms with E-state index in [1.54, 1.807) is 0 Å². The zero-order valence-corrected chi connectivity index (χ0v) is 11.7. The molecular weight excluding hydrogens is 210 g/mol. The number of aliphatic hydroxyl groups is 1. The number of hydrogen-bond acceptors (Lipinski definition) is 2. The van der Waals surface area contributed by atoms with Gasteiger partial charge in [0.15, 0.2) is 0 Å². The van der Waals surface area contributed by atoms with E-state index in [1.165, 1.54) is 64.3 Å². The molecule has 1 saturated carbocycles. The van der Waals surface area contributed by atoms with E-state index in [1.807, 2.05) is 0 Å². The van der Waals surface area contributed by atoms with Crippen molar-refractivity contribution in [3.63, 3.8) is 0 Å². The third-order valence-corrected chi connectivity index (χ3v) is 3.99. The summed E-state index contributed by atoms with van der Waals surface area (Å²) in [6.07, 6.45) is 13.4. The van der Waals surface area contributed by atoms with E-state index in [0.29, 0.717) is 6.61 Å². The molecule has 17 heavy (non-hydrogen) atoms. The fraction of sp³-hybridized carbons (Fsp3) is 1.00. The van der Waals surface area contributed by atoms with Gasteiger partial charge in [0.05, 0.1) is 0 Å². The third-order valence-electron chi connectivity index (χ3n) is 3.99. The van der Waals surface area contributed by atoms with Crippen molar-refractivity contribution in [2.45, 2.75) is 77.2 Å². The first kappa shape index (κ1) is 15.0. The van der Waals surface area contributed by atoms with Gasteiger partial charge in [-0.3, -0.25) is 0 Å². The minimum Gasteiger partial charge on any atom is -0.396 e. The highest BCUT2D eigenvalue weighted by atomic mass is 16.3. The van der Waals surface area contributed by atoms with Crippen LogP contribution in [0.2, 0.25) is 0 Å². The van der Waals surface area contributed by atoms with Gasteiger partial charge in [0.2, 0.25) is 0 Å². The van der Waals surface area contributed by atoms with Gasteiger partial charge in [-0.2, -0.15) is 0 Å². The monoisotopic (exact) mass is 241 g/mol. The second kappa shape index (κ2) is 9.90. The molecule has 1 aliphatic rings. The van der Waals surface area contributed by atoms with Gasteiger partial charge in [-0.25, -0.2) is 0 Å². The number of aliphatic hydroxyl groups excluding tert-OH is 1. The average molecular weight is 241 g/mol. The van der Waals surface area contributed by atoms with E-state index < -0.39 is 0 Å². The summed E-state index contributed by atoms with van der Waals surface area (Å²) in [5, 5.41) is 8.93. The minimum absolute atomic E-state index is 0.347. The van der Waals surface area contributed by atoms with Crippen molar-refractivity contribution in [3.8, 4) is 0 Å². The highest BCUT2D eigenvalue weighted by Crippen LogP contribution is 2.25. The SMILES string of the molecule is CCCCCCCCN(CCCO)C1CCC1. The molecule has 0 aromatic rings. The van der Waals surface area contributed by atoms with E-state index in [4.69, 9.17) is 5.11 Å². The summed E-state index contributed by atoms with van der Waals surface area (Å²) in [5.74, 6) is 0. The second-order valence-electron chi connectivity index (χ2n) is 5.47. The van der Waals surface area contributed by atoms with Crippen molar-refractivity contribution in [1.29, 1.82) is 0 Å². The molecule has 1 N–H and O–H groups in total. The van der Waals surface area contributed by atoms with Gasteiger partial charge in [0, 0.05) is 19.2 Å². The number of nitrogens with zero attached hydrogens (tertiary/aromatic N) is 1. The molecule has 0 atom stereocenters. The van der Waals surface area contributed by atoms with Crippen molar-refractivity contribution in [2.75, 3.05) is 19.7 Å². The van der Waals surface area contributed by atoms with E-state index in [9.17, 15) is 0 Å². The quantitative estimate of drug-likeness (QED) is 0.559. The predicted molar refractivity (Wildman–Crippen MR) is 74.3 cm³/mol. The van der Waals surface area contributed by atoms with Crippen LogP contribution in [0, 0.1) is 0 Å². The standard InChI is InChI=1S/C15H31NO/c1-2-3-4-5-6-7-12-16(13-9-14-17)15-10-8-11-15/h15,17H,2-14H2,1H3. The lowest BCUT2D eigenvalue weighted by Gasteiger charge is -2.37. The van der Waals surface area contributed by atoms with E-state index in [-0.39, 0.29) is 0 Å². The largest absolute Gasteiger partial charge is 0.396 e. The molecule has 0 aromatic heterocycles. The number of unbranched alkanes of at least 4 members (excludes halogenated alkanes) is 5. The normalized spacial score (nSPS) is 16.4. The minimum atomic E-state index is 0.347. The van der Waals surface area contributed by atoms with Crippen LogP contribution in [0.25, 0.3) is 0 Å². The number of hydrogen-bond donors (Lipinski definition) is 1. The molecule has 0 radical (unpaired) electrons. The zero-order valence-electron chi connectivity index (χ0n) is 11.7. The lowest BCUT2D eigenvalue weighted by Crippen LogP contribution is -2.41. The van der Waals surface area contributed by atoms with E-state index in [0.717, 1.165) is 19.0 Å². The number of rotatable bonds is 11. The summed E-state index contributed by atoms with van der Waals surface area (Å²) in [7, 11) is 0. The Balaban J connectivity index is 2.02. The third kappa shape index (κ3) is 6.42. The second-order valence-corrected chi connectivity index (χ2v) is 5.47. The van der Waals surface area contributed by atoms with Crippen LogP contribution in [0.4, 0.5) is 0 Å². The molecule has 0 bridgehead atoms. The Morgan fingerprint density at radius 3 is 2.18 bits per heavy atom. The molecule has 0 saturated heterocycles. The Bertz CT molecular complexity index is 168. The summed E-state index contributed by atoms with van der Waals surface area (Å²) in [4.78, 5) is 2.62. The van der Waals surface area contributed by atoms with Gasteiger partial charge in [-0.1, -0.05) is 45.4 Å². The topological polar surface area (TPSA) is 23.5 Å². The Morgan fingerprint density at radius 1 is 0.941 bits per heavy atom. The van der Waals surface area contributed by atoms with Gasteiger partial charge in [0.1, 0.15) is 0 Å². The van der Waals surface area contributed by atoms with Crippen LogP contribution in [0.5, 0.6) is 0 Å². The zero-order chi connectivity index (χ0) is 12.3. The molecule has 102 valence electrons. The lowest BCUT2D eigenvalue weighted by molar-refractivity contribution is 0.114. The fourth-order valence-electron chi connectivity index (χ4n) is 2.60. The Hall–Kier alpha value is -0.0800. The summed E-state index contributed by atoms with van der Waals surface area (Å²) >= 11 is 0. The van der Waals surface area contributed by atoms with Crippen LogP contribution in [0.1, 0.15) is 71.1 Å². The van der Waals surface area contributed by atoms with Gasteiger partial charge in [0.25, 0.3) is 0 Å². The Kier molecular flexibility index (Phi) is 8.72. The molecule has 2 nitrogen and oxygen atoms in total. The Labute approximate surface area is 107 Å². The van der Waals surface area contributed by atoms with E-state index in [2.05, 4.69) is 11.8 Å². The molecule has 1 rings (SSSR count). The molecule has 1 aliphatic carbocycles. The van der Waals surface area contributed by atoms with Crippen LogP contribution >= 0.6 is 0 Å². The summed E-state index contributed by atoms with van der Waals surface area (Å²) in [5.41, 5.74) is 0. The van der Waals surface area contributed by atoms with Crippen molar-refractivity contribution in [2.24, 2.45) is 0 Å². The fourth-order valence-corrected chi connectivity index (χ4v) is 2.60. The molecular formula is C15H31NO. The maximum absolute atomic E-state index is 8.93. The lowest BCUT2D eigenvalue weighted by atomic mass is 9.91. The predicted octanol–water partition coefficient (Wildman–Crippen LogP) is 3.58. The molecule has 0 aromatic carbocycles. The maximum Gasteiger partial charge on any atom is 0.0443 e. The molecule has 1 fully saturated rings. The van der Waals surface area contributed by atoms with Crippen LogP contribution in [-0.2, 0) is 0 Å². The van der Waals surface area contributed by atoms with Gasteiger partial charge < -0.3 is 10.0 Å². The molecule has 0 heterocycles. The maximum atomic E-state index is 8.93. The first-order valence-electron chi connectivity index (χ1n) is 7.73. The smallest absolute Gasteiger partial charge is 0.0443 e. The van der Waals surface area contributed by atoms with Crippen LogP contribution in [0.15, 0.2) is 0 Å². The first-order chi connectivity index (χ1) is 8.38. The molecule has 0 aliphatic heterocycles. The summed E-state index contributed by atoms with van der Waals surface area (Å²) < 4.78 is 0. The highest BCUT2D eigenvalue weighted by molar-refractivity contribution is 4.79. The van der Waals surface area contributed by atoms with Gasteiger partial charge >= 0.3 is 0 Å². The van der Waals surface area contributed by atoms with Crippen LogP contribution in [-0.4, -0.2) is 35.7 Å². The molecule has 0 spiro atoms. The van der Waals surface area contributed by atoms with Crippen molar-refractivity contribution >= 4 is 0 Å². The summed E-state index contributed by atoms with van der Waals surface area (Å²) in [6, 6.07) is 0.845. The molecule has 0 unspecified atom stereocenters. The average Bonchev–Trinajstić information content (AvgIpc) is 2.27. The van der Waals surface area contributed by atoms with Crippen LogP contribution in [0.3, 0.4) is 0 Å². The van der Waals surface area contributed by atoms with Crippen molar-refractivity contribution < 1.29 is 5.11 Å². The Morgan fingerprint density at radius 2 is 1.59 bits per heavy atom. The van der Waals surface area contributed by atoms with Gasteiger partial charge in [-0.05, 0) is 32.2 Å². The molecule has 0 amide bonds. The van der Waals surface area contributed by atoms with Crippen molar-refractivity contribution in [3.05, 3.63) is 0 Å². The highest BCUT2D eigenvalue weighted by Gasteiger charge is 2.23. The van der Waals surface area contributed by atoms with E-state index >= 15 is 0 Å². The van der Waals surface area contributed by atoms with Crippen LogP contribution < -0.4 is 0 Å². The first-order valence-corrected chi connectivity index (χ1v) is 7.73.